The van der Waals surface area contributed by atoms with Crippen molar-refractivity contribution >= 4 is 21.6 Å². The lowest BCUT2D eigenvalue weighted by atomic mass is 10.00. The number of likely N-dealkylation sites (tertiary alicyclic amines) is 1. The van der Waals surface area contributed by atoms with Crippen LogP contribution < -0.4 is 9.62 Å². The molecule has 6 nitrogen and oxygen atoms in total. The second-order valence-corrected chi connectivity index (χ2v) is 9.82. The van der Waals surface area contributed by atoms with Gasteiger partial charge in [0.1, 0.15) is 6.54 Å². The third-order valence-corrected chi connectivity index (χ3v) is 7.62. The third kappa shape index (κ3) is 6.31. The Morgan fingerprint density at radius 2 is 1.74 bits per heavy atom. The summed E-state index contributed by atoms with van der Waals surface area (Å²) in [7, 11) is -3.84. The molecule has 1 saturated heterocycles. The fourth-order valence-corrected chi connectivity index (χ4v) is 5.58. The van der Waals surface area contributed by atoms with Gasteiger partial charge < -0.3 is 10.2 Å². The van der Waals surface area contributed by atoms with Crippen molar-refractivity contribution in [3.8, 4) is 0 Å². The first kappa shape index (κ1) is 23.3. The van der Waals surface area contributed by atoms with E-state index >= 15 is 0 Å². The normalized spacial score (nSPS) is 17.3. The van der Waals surface area contributed by atoms with E-state index in [2.05, 4.69) is 17.1 Å². The van der Waals surface area contributed by atoms with E-state index in [9.17, 15) is 13.2 Å². The Morgan fingerprint density at radius 1 is 1.06 bits per heavy atom. The molecule has 7 heteroatoms. The molecule has 1 N–H and O–H groups in total. The Hall–Kier alpha value is -2.38. The number of nitrogens with zero attached hydrogens (tertiary/aromatic N) is 2. The maximum absolute atomic E-state index is 13.2. The van der Waals surface area contributed by atoms with Crippen LogP contribution in [-0.4, -0.2) is 51.4 Å². The van der Waals surface area contributed by atoms with Gasteiger partial charge in [0.15, 0.2) is 0 Å². The van der Waals surface area contributed by atoms with E-state index in [1.54, 1.807) is 54.6 Å². The zero-order chi connectivity index (χ0) is 22.1. The molecular weight excluding hydrogens is 410 g/mol. The van der Waals surface area contributed by atoms with Gasteiger partial charge in [-0.2, -0.15) is 0 Å². The fraction of sp³-hybridized carbons (Fsp3) is 0.458. The van der Waals surface area contributed by atoms with E-state index in [1.807, 2.05) is 6.07 Å². The molecule has 0 radical (unpaired) electrons. The van der Waals surface area contributed by atoms with Crippen molar-refractivity contribution in [2.24, 2.45) is 0 Å². The van der Waals surface area contributed by atoms with Gasteiger partial charge in [-0.05, 0) is 56.5 Å². The largest absolute Gasteiger partial charge is 0.354 e. The van der Waals surface area contributed by atoms with Gasteiger partial charge in [0, 0.05) is 19.1 Å². The zero-order valence-corrected chi connectivity index (χ0v) is 19.1. The van der Waals surface area contributed by atoms with Crippen LogP contribution in [0.5, 0.6) is 0 Å². The summed E-state index contributed by atoms with van der Waals surface area (Å²) in [5, 5.41) is 2.91. The van der Waals surface area contributed by atoms with Gasteiger partial charge in [-0.25, -0.2) is 8.42 Å². The first-order valence-corrected chi connectivity index (χ1v) is 12.6. The SMILES string of the molecule is CCC1CCCCN1CCCNC(=O)CN(c1ccccc1)S(=O)(=O)c1ccccc1. The fourth-order valence-electron chi connectivity index (χ4n) is 4.14. The highest BCUT2D eigenvalue weighted by atomic mass is 32.2. The van der Waals surface area contributed by atoms with Crippen molar-refractivity contribution in [3.05, 3.63) is 60.7 Å². The molecular formula is C24H33N3O3S. The molecule has 0 saturated carbocycles. The Kier molecular flexibility index (Phi) is 8.49. The Morgan fingerprint density at radius 3 is 2.42 bits per heavy atom. The van der Waals surface area contributed by atoms with Gasteiger partial charge in [0.05, 0.1) is 10.6 Å². The Bertz CT molecular complexity index is 920. The molecule has 1 aliphatic rings. The maximum Gasteiger partial charge on any atom is 0.264 e. The van der Waals surface area contributed by atoms with E-state index < -0.39 is 10.0 Å². The number of para-hydroxylation sites is 1. The lowest BCUT2D eigenvalue weighted by molar-refractivity contribution is -0.119. The smallest absolute Gasteiger partial charge is 0.264 e. The van der Waals surface area contributed by atoms with Crippen molar-refractivity contribution in [1.82, 2.24) is 10.2 Å². The van der Waals surface area contributed by atoms with Gasteiger partial charge in [-0.1, -0.05) is 49.7 Å². The predicted octanol–water partition coefficient (Wildman–Crippen LogP) is 3.65. The minimum Gasteiger partial charge on any atom is -0.354 e. The second kappa shape index (κ2) is 11.3. The van der Waals surface area contributed by atoms with E-state index in [0.717, 1.165) is 25.9 Å². The summed E-state index contributed by atoms with van der Waals surface area (Å²) < 4.78 is 27.6. The summed E-state index contributed by atoms with van der Waals surface area (Å²) in [6, 6.07) is 17.6. The number of rotatable bonds is 10. The highest BCUT2D eigenvalue weighted by Gasteiger charge is 2.27. The number of hydrogen-bond acceptors (Lipinski definition) is 4. The number of anilines is 1. The molecule has 168 valence electrons. The Balaban J connectivity index is 1.60. The highest BCUT2D eigenvalue weighted by Crippen LogP contribution is 2.23. The lowest BCUT2D eigenvalue weighted by Crippen LogP contribution is -2.43. The third-order valence-electron chi connectivity index (χ3n) is 5.83. The van der Waals surface area contributed by atoms with E-state index in [-0.39, 0.29) is 17.3 Å². The average molecular weight is 444 g/mol. The molecule has 0 bridgehead atoms. The van der Waals surface area contributed by atoms with Crippen LogP contribution in [0, 0.1) is 0 Å². The molecule has 1 heterocycles. The van der Waals surface area contributed by atoms with Crippen molar-refractivity contribution in [1.29, 1.82) is 0 Å². The van der Waals surface area contributed by atoms with Crippen molar-refractivity contribution in [3.63, 3.8) is 0 Å². The van der Waals surface area contributed by atoms with Gasteiger partial charge in [0.25, 0.3) is 10.0 Å². The molecule has 0 spiro atoms. The summed E-state index contributed by atoms with van der Waals surface area (Å²) >= 11 is 0. The highest BCUT2D eigenvalue weighted by molar-refractivity contribution is 7.92. The molecule has 0 aliphatic carbocycles. The van der Waals surface area contributed by atoms with Crippen LogP contribution in [0.3, 0.4) is 0 Å². The van der Waals surface area contributed by atoms with Gasteiger partial charge >= 0.3 is 0 Å². The molecule has 2 aromatic carbocycles. The van der Waals surface area contributed by atoms with Crippen molar-refractivity contribution < 1.29 is 13.2 Å². The zero-order valence-electron chi connectivity index (χ0n) is 18.2. The molecule has 1 fully saturated rings. The van der Waals surface area contributed by atoms with Crippen LogP contribution >= 0.6 is 0 Å². The summed E-state index contributed by atoms with van der Waals surface area (Å²) in [5.41, 5.74) is 0.473. The van der Waals surface area contributed by atoms with E-state index in [1.165, 1.54) is 23.6 Å². The minimum atomic E-state index is -3.84. The molecule has 31 heavy (non-hydrogen) atoms. The molecule has 2 aromatic rings. The number of hydrogen-bond donors (Lipinski definition) is 1. The standard InChI is InChI=1S/C24H33N3O3S/c1-2-21-12-9-10-18-26(21)19-11-17-25-24(28)20-27(22-13-5-3-6-14-22)31(29,30)23-15-7-4-8-16-23/h3-8,13-16,21H,2,9-12,17-20H2,1H3,(H,25,28). The second-order valence-electron chi connectivity index (χ2n) is 7.96. The van der Waals surface area contributed by atoms with Crippen LogP contribution in [0.2, 0.25) is 0 Å². The summed E-state index contributed by atoms with van der Waals surface area (Å²) in [6.45, 7) is 4.62. The van der Waals surface area contributed by atoms with Crippen molar-refractivity contribution in [2.75, 3.05) is 30.5 Å². The first-order valence-electron chi connectivity index (χ1n) is 11.2. The predicted molar refractivity (Wildman–Crippen MR) is 125 cm³/mol. The number of carbonyl (C=O) groups is 1. The maximum atomic E-state index is 13.2. The molecule has 1 unspecified atom stereocenters. The number of carbonyl (C=O) groups excluding carboxylic acids is 1. The molecule has 1 atom stereocenters. The van der Waals surface area contributed by atoms with Crippen LogP contribution in [0.25, 0.3) is 0 Å². The van der Waals surface area contributed by atoms with Crippen LogP contribution in [0.15, 0.2) is 65.6 Å². The average Bonchev–Trinajstić information content (AvgIpc) is 2.81. The van der Waals surface area contributed by atoms with Crippen LogP contribution in [0.4, 0.5) is 5.69 Å². The van der Waals surface area contributed by atoms with E-state index in [0.29, 0.717) is 18.3 Å². The number of piperidine rings is 1. The number of nitrogens with one attached hydrogen (secondary N) is 1. The molecule has 1 aliphatic heterocycles. The minimum absolute atomic E-state index is 0.169. The first-order chi connectivity index (χ1) is 15.0. The monoisotopic (exact) mass is 443 g/mol. The van der Waals surface area contributed by atoms with Gasteiger partial charge in [-0.3, -0.25) is 9.10 Å². The van der Waals surface area contributed by atoms with Crippen LogP contribution in [-0.2, 0) is 14.8 Å². The summed E-state index contributed by atoms with van der Waals surface area (Å²) in [6.07, 6.45) is 5.82. The van der Waals surface area contributed by atoms with Crippen molar-refractivity contribution in [2.45, 2.75) is 50.0 Å². The quantitative estimate of drug-likeness (QED) is 0.569. The number of amides is 1. The van der Waals surface area contributed by atoms with Crippen LogP contribution in [0.1, 0.15) is 39.0 Å². The molecule has 3 rings (SSSR count). The lowest BCUT2D eigenvalue weighted by Gasteiger charge is -2.35. The van der Waals surface area contributed by atoms with Gasteiger partial charge in [0.2, 0.25) is 5.91 Å². The Labute approximate surface area is 186 Å². The summed E-state index contributed by atoms with van der Waals surface area (Å²) in [4.78, 5) is 15.3. The number of sulfonamides is 1. The molecule has 0 aromatic heterocycles. The topological polar surface area (TPSA) is 69.7 Å². The summed E-state index contributed by atoms with van der Waals surface area (Å²) in [5.74, 6) is -0.297. The van der Waals surface area contributed by atoms with Gasteiger partial charge in [-0.15, -0.1) is 0 Å². The van der Waals surface area contributed by atoms with E-state index in [4.69, 9.17) is 0 Å². The molecule has 1 amide bonds. The number of benzene rings is 2.